The van der Waals surface area contributed by atoms with Crippen molar-refractivity contribution in [3.63, 3.8) is 0 Å². The normalized spacial score (nSPS) is 11.5. The first-order chi connectivity index (χ1) is 33.7. The molecule has 68 heavy (non-hydrogen) atoms. The molecule has 0 N–H and O–H groups in total. The van der Waals surface area contributed by atoms with Gasteiger partial charge in [-0.25, -0.2) is 15.0 Å². The molecule has 0 spiro atoms. The van der Waals surface area contributed by atoms with Crippen LogP contribution in [0, 0.1) is 0 Å². The molecule has 9 aromatic carbocycles. The van der Waals surface area contributed by atoms with E-state index in [1.54, 1.807) is 0 Å². The number of para-hydroxylation sites is 2. The second-order valence-corrected chi connectivity index (χ2v) is 17.0. The molecule has 0 fully saturated rings. The van der Waals surface area contributed by atoms with Crippen molar-refractivity contribution >= 4 is 43.7 Å². The third kappa shape index (κ3) is 6.82. The van der Waals surface area contributed by atoms with Crippen molar-refractivity contribution in [3.8, 4) is 84.5 Å². The SMILES string of the molecule is c1ccc(-c2cc(-c3ccccc3)cc(-c3cnc(-c4cccc5oc6cc7c8ccccc8n(-c8ccccc8)c7cc6c45)c(-c4nc(-c5ccccc5)nc(-c5ccccc5)n4)c3)c2)cc1. The highest BCUT2D eigenvalue weighted by molar-refractivity contribution is 6.20. The van der Waals surface area contributed by atoms with Crippen molar-refractivity contribution in [1.29, 1.82) is 0 Å². The van der Waals surface area contributed by atoms with E-state index in [4.69, 9.17) is 24.4 Å². The zero-order valence-electron chi connectivity index (χ0n) is 36.7. The number of benzene rings is 9. The molecule has 0 saturated heterocycles. The van der Waals surface area contributed by atoms with E-state index in [2.05, 4.69) is 162 Å². The van der Waals surface area contributed by atoms with Crippen molar-refractivity contribution in [2.24, 2.45) is 0 Å². The molecule has 318 valence electrons. The van der Waals surface area contributed by atoms with E-state index < -0.39 is 0 Å². The predicted octanol–water partition coefficient (Wildman–Crippen LogP) is 15.9. The molecule has 13 aromatic rings. The summed E-state index contributed by atoms with van der Waals surface area (Å²) in [6, 6.07) is 80.1. The largest absolute Gasteiger partial charge is 0.456 e. The highest BCUT2D eigenvalue weighted by Gasteiger charge is 2.23. The fourth-order valence-corrected chi connectivity index (χ4v) is 9.67. The van der Waals surface area contributed by atoms with Gasteiger partial charge in [0.1, 0.15) is 11.2 Å². The van der Waals surface area contributed by atoms with E-state index in [1.165, 1.54) is 5.39 Å². The number of hydrogen-bond donors (Lipinski definition) is 0. The van der Waals surface area contributed by atoms with Gasteiger partial charge in [-0.1, -0.05) is 170 Å². The Morgan fingerprint density at radius 2 is 0.853 bits per heavy atom. The number of furan rings is 1. The molecular formula is C62H39N5O. The summed E-state index contributed by atoms with van der Waals surface area (Å²) in [6.45, 7) is 0. The standard InChI is InChI=1S/C62H39N5O/c1-6-19-40(20-7-1)44-33-45(41-21-8-2-9-22-41)35-46(34-44)47-36-53(62-65-60(42-23-10-3-11-24-42)64-61(66-62)43-25-12-4-13-26-43)59(63-39-47)50-30-18-32-56-58(50)52-37-55-51(38-57(52)68-56)49-29-16-17-31-54(49)67(55)48-27-14-5-15-28-48/h1-39H. The van der Waals surface area contributed by atoms with Crippen LogP contribution in [-0.4, -0.2) is 24.5 Å². The molecule has 0 amide bonds. The van der Waals surface area contributed by atoms with Crippen molar-refractivity contribution in [2.45, 2.75) is 0 Å². The maximum Gasteiger partial charge on any atom is 0.166 e. The fraction of sp³-hybridized carbons (Fsp3) is 0. The smallest absolute Gasteiger partial charge is 0.166 e. The molecule has 4 heterocycles. The van der Waals surface area contributed by atoms with Crippen LogP contribution in [0.2, 0.25) is 0 Å². The van der Waals surface area contributed by atoms with E-state index in [0.717, 1.165) is 105 Å². The van der Waals surface area contributed by atoms with Gasteiger partial charge in [-0.3, -0.25) is 4.98 Å². The van der Waals surface area contributed by atoms with Crippen molar-refractivity contribution in [2.75, 3.05) is 0 Å². The predicted molar refractivity (Wildman–Crippen MR) is 277 cm³/mol. The van der Waals surface area contributed by atoms with Gasteiger partial charge in [0.15, 0.2) is 17.5 Å². The molecule has 0 unspecified atom stereocenters. The van der Waals surface area contributed by atoms with Crippen LogP contribution < -0.4 is 0 Å². The summed E-state index contributed by atoms with van der Waals surface area (Å²) in [5.41, 5.74) is 15.5. The third-order valence-electron chi connectivity index (χ3n) is 12.9. The molecule has 0 aliphatic rings. The Morgan fingerprint density at radius 1 is 0.324 bits per heavy atom. The van der Waals surface area contributed by atoms with Gasteiger partial charge in [0.25, 0.3) is 0 Å². The monoisotopic (exact) mass is 869 g/mol. The van der Waals surface area contributed by atoms with Gasteiger partial charge in [-0.15, -0.1) is 0 Å². The second-order valence-electron chi connectivity index (χ2n) is 17.0. The molecule has 13 rings (SSSR count). The molecule has 0 aliphatic carbocycles. The molecule has 0 saturated carbocycles. The van der Waals surface area contributed by atoms with Crippen LogP contribution in [0.3, 0.4) is 0 Å². The third-order valence-corrected chi connectivity index (χ3v) is 12.9. The summed E-state index contributed by atoms with van der Waals surface area (Å²) < 4.78 is 9.16. The lowest BCUT2D eigenvalue weighted by molar-refractivity contribution is 0.669. The molecular weight excluding hydrogens is 831 g/mol. The molecule has 6 heteroatoms. The average molecular weight is 870 g/mol. The lowest BCUT2D eigenvalue weighted by Crippen LogP contribution is -2.02. The first kappa shape index (κ1) is 39.1. The van der Waals surface area contributed by atoms with Crippen LogP contribution in [-0.2, 0) is 0 Å². The van der Waals surface area contributed by atoms with E-state index in [9.17, 15) is 0 Å². The van der Waals surface area contributed by atoms with Crippen LogP contribution >= 0.6 is 0 Å². The molecule has 0 radical (unpaired) electrons. The molecule has 0 atom stereocenters. The summed E-state index contributed by atoms with van der Waals surface area (Å²) in [4.78, 5) is 21.1. The highest BCUT2D eigenvalue weighted by Crippen LogP contribution is 2.44. The number of fused-ring (bicyclic) bond motifs is 6. The zero-order chi connectivity index (χ0) is 45.0. The van der Waals surface area contributed by atoms with E-state index in [-0.39, 0.29) is 0 Å². The summed E-state index contributed by atoms with van der Waals surface area (Å²) in [5.74, 6) is 1.67. The number of pyridine rings is 1. The minimum atomic E-state index is 0.515. The van der Waals surface area contributed by atoms with Crippen LogP contribution in [0.15, 0.2) is 241 Å². The molecule has 6 nitrogen and oxygen atoms in total. The van der Waals surface area contributed by atoms with E-state index in [0.29, 0.717) is 17.5 Å². The number of rotatable bonds is 8. The van der Waals surface area contributed by atoms with Gasteiger partial charge >= 0.3 is 0 Å². The Bertz CT molecular complexity index is 3880. The quantitative estimate of drug-likeness (QED) is 0.152. The average Bonchev–Trinajstić information content (AvgIpc) is 3.96. The Hall–Kier alpha value is -9.26. The van der Waals surface area contributed by atoms with Gasteiger partial charge in [-0.05, 0) is 88.5 Å². The van der Waals surface area contributed by atoms with Crippen molar-refractivity contribution in [3.05, 3.63) is 237 Å². The van der Waals surface area contributed by atoms with E-state index >= 15 is 0 Å². The van der Waals surface area contributed by atoms with Gasteiger partial charge < -0.3 is 8.98 Å². The molecule has 4 aromatic heterocycles. The fourth-order valence-electron chi connectivity index (χ4n) is 9.67. The Balaban J connectivity index is 1.09. The molecule has 0 aliphatic heterocycles. The van der Waals surface area contributed by atoms with Crippen molar-refractivity contribution in [1.82, 2.24) is 24.5 Å². The van der Waals surface area contributed by atoms with E-state index in [1.807, 2.05) is 79.0 Å². The minimum absolute atomic E-state index is 0.515. The lowest BCUT2D eigenvalue weighted by atomic mass is 9.92. The first-order valence-electron chi connectivity index (χ1n) is 22.8. The Labute approximate surface area is 392 Å². The summed E-state index contributed by atoms with van der Waals surface area (Å²) in [5, 5.41) is 4.25. The summed E-state index contributed by atoms with van der Waals surface area (Å²) in [6.07, 6.45) is 1.99. The second kappa shape index (κ2) is 16.3. The van der Waals surface area contributed by atoms with Crippen LogP contribution in [0.1, 0.15) is 0 Å². The van der Waals surface area contributed by atoms with Gasteiger partial charge in [0.2, 0.25) is 0 Å². The van der Waals surface area contributed by atoms with Crippen molar-refractivity contribution < 1.29 is 4.42 Å². The van der Waals surface area contributed by atoms with Crippen LogP contribution in [0.5, 0.6) is 0 Å². The number of aromatic nitrogens is 5. The Morgan fingerprint density at radius 3 is 1.47 bits per heavy atom. The topological polar surface area (TPSA) is 69.6 Å². The lowest BCUT2D eigenvalue weighted by Gasteiger charge is -2.15. The van der Waals surface area contributed by atoms with Gasteiger partial charge in [0, 0.05) is 61.2 Å². The minimum Gasteiger partial charge on any atom is -0.456 e. The Kier molecular flexibility index (Phi) is 9.39. The van der Waals surface area contributed by atoms with Gasteiger partial charge in [0.05, 0.1) is 16.7 Å². The number of nitrogens with zero attached hydrogens (tertiary/aromatic N) is 5. The molecule has 0 bridgehead atoms. The highest BCUT2D eigenvalue weighted by atomic mass is 16.3. The summed E-state index contributed by atoms with van der Waals surface area (Å²) in [7, 11) is 0. The van der Waals surface area contributed by atoms with Crippen LogP contribution in [0.25, 0.3) is 128 Å². The summed E-state index contributed by atoms with van der Waals surface area (Å²) >= 11 is 0. The van der Waals surface area contributed by atoms with Crippen LogP contribution in [0.4, 0.5) is 0 Å². The zero-order valence-corrected chi connectivity index (χ0v) is 36.7. The van der Waals surface area contributed by atoms with Gasteiger partial charge in [-0.2, -0.15) is 0 Å². The maximum absolute atomic E-state index is 6.81. The number of hydrogen-bond acceptors (Lipinski definition) is 5. The maximum atomic E-state index is 6.81. The first-order valence-corrected chi connectivity index (χ1v) is 22.8.